The van der Waals surface area contributed by atoms with E-state index in [0.717, 1.165) is 44.7 Å². The van der Waals surface area contributed by atoms with Crippen LogP contribution in [0.5, 0.6) is 5.75 Å². The number of para-hydroxylation sites is 1. The lowest BCUT2D eigenvalue weighted by atomic mass is 10.0. The quantitative estimate of drug-likeness (QED) is 0.401. The number of anilines is 1. The van der Waals surface area contributed by atoms with Crippen molar-refractivity contribution in [1.29, 1.82) is 0 Å². The van der Waals surface area contributed by atoms with Crippen LogP contribution in [0, 0.1) is 0 Å². The maximum absolute atomic E-state index is 13.7. The molecule has 1 amide bonds. The second-order valence-electron chi connectivity index (χ2n) is 9.84. The van der Waals surface area contributed by atoms with Gasteiger partial charge in [-0.1, -0.05) is 75.2 Å². The average molecular weight is 471 g/mol. The highest BCUT2D eigenvalue weighted by molar-refractivity contribution is 6.06. The molecule has 0 aliphatic carbocycles. The first-order valence-electron chi connectivity index (χ1n) is 12.9. The Balaban J connectivity index is 1.61. The van der Waals surface area contributed by atoms with Crippen LogP contribution in [0.4, 0.5) is 5.69 Å². The van der Waals surface area contributed by atoms with Crippen LogP contribution in [0.2, 0.25) is 0 Å². The first-order chi connectivity index (χ1) is 17.0. The van der Waals surface area contributed by atoms with E-state index < -0.39 is 0 Å². The van der Waals surface area contributed by atoms with E-state index in [0.29, 0.717) is 17.2 Å². The summed E-state index contributed by atoms with van der Waals surface area (Å²) in [6.45, 7) is 7.99. The van der Waals surface area contributed by atoms with Crippen molar-refractivity contribution in [2.45, 2.75) is 58.5 Å². The van der Waals surface area contributed by atoms with E-state index >= 15 is 0 Å². The molecule has 0 radical (unpaired) electrons. The molecule has 4 nitrogen and oxygen atoms in total. The average Bonchev–Trinajstić information content (AvgIpc) is 2.92. The molecule has 4 rings (SSSR count). The minimum absolute atomic E-state index is 0.0337. The lowest BCUT2D eigenvalue weighted by Gasteiger charge is -2.28. The molecular weight excluding hydrogens is 432 g/mol. The van der Waals surface area contributed by atoms with Crippen LogP contribution in [0.3, 0.4) is 0 Å². The van der Waals surface area contributed by atoms with Crippen molar-refractivity contribution >= 4 is 11.6 Å². The van der Waals surface area contributed by atoms with Gasteiger partial charge in [0.25, 0.3) is 5.91 Å². The number of ether oxygens (including phenoxy) is 1. The van der Waals surface area contributed by atoms with Gasteiger partial charge < -0.3 is 9.64 Å². The van der Waals surface area contributed by atoms with E-state index in [9.17, 15) is 4.79 Å². The Bertz CT molecular complexity index is 1110. The molecule has 0 N–H and O–H groups in total. The van der Waals surface area contributed by atoms with Gasteiger partial charge in [-0.15, -0.1) is 0 Å². The lowest BCUT2D eigenvalue weighted by molar-refractivity contribution is 0.0986. The number of nitrogens with zero attached hydrogens (tertiary/aromatic N) is 2. The molecule has 0 saturated carbocycles. The molecule has 0 spiro atoms. The van der Waals surface area contributed by atoms with Gasteiger partial charge in [-0.2, -0.15) is 0 Å². The highest BCUT2D eigenvalue weighted by atomic mass is 16.5. The van der Waals surface area contributed by atoms with Crippen molar-refractivity contribution in [3.63, 3.8) is 0 Å². The first-order valence-corrected chi connectivity index (χ1v) is 12.9. The summed E-state index contributed by atoms with van der Waals surface area (Å²) in [5, 5.41) is 0. The fourth-order valence-electron chi connectivity index (χ4n) is 4.83. The first kappa shape index (κ1) is 25.0. The van der Waals surface area contributed by atoms with E-state index in [1.54, 1.807) is 7.11 Å². The summed E-state index contributed by atoms with van der Waals surface area (Å²) in [7, 11) is 1.64. The number of hydrogen-bond donors (Lipinski definition) is 0. The predicted octanol–water partition coefficient (Wildman–Crippen LogP) is 7.04. The molecule has 3 aromatic rings. The van der Waals surface area contributed by atoms with Gasteiger partial charge in [-0.25, -0.2) is 0 Å². The zero-order valence-electron chi connectivity index (χ0n) is 21.4. The van der Waals surface area contributed by atoms with Gasteiger partial charge in [0.15, 0.2) is 0 Å². The van der Waals surface area contributed by atoms with Crippen LogP contribution in [0.15, 0.2) is 72.8 Å². The van der Waals surface area contributed by atoms with E-state index in [1.807, 2.05) is 35.2 Å². The monoisotopic (exact) mass is 470 g/mol. The number of benzene rings is 3. The molecular formula is C31H38N2O2. The van der Waals surface area contributed by atoms with E-state index in [1.165, 1.54) is 29.5 Å². The Morgan fingerprint density at radius 3 is 2.37 bits per heavy atom. The molecule has 0 atom stereocenters. The third-order valence-electron chi connectivity index (χ3n) is 6.90. The summed E-state index contributed by atoms with van der Waals surface area (Å²) in [6, 6.07) is 24.9. The van der Waals surface area contributed by atoms with Gasteiger partial charge in [0.05, 0.1) is 7.11 Å². The van der Waals surface area contributed by atoms with Gasteiger partial charge >= 0.3 is 0 Å². The van der Waals surface area contributed by atoms with Crippen LogP contribution >= 0.6 is 0 Å². The Morgan fingerprint density at radius 1 is 0.886 bits per heavy atom. The minimum atomic E-state index is 0.0337. The Kier molecular flexibility index (Phi) is 8.59. The highest BCUT2D eigenvalue weighted by Crippen LogP contribution is 2.27. The van der Waals surface area contributed by atoms with Crippen molar-refractivity contribution in [1.82, 2.24) is 4.90 Å². The molecule has 0 aromatic heterocycles. The molecule has 0 bridgehead atoms. The summed E-state index contributed by atoms with van der Waals surface area (Å²) < 4.78 is 5.37. The second kappa shape index (κ2) is 12.0. The standard InChI is InChI=1S/C31H38N2O2/c1-24(2)26-17-15-25(16-18-26)22-32-19-8-4-5-9-20-33(30-14-7-6-11-28(30)23-32)31(34)27-12-10-13-29(21-27)35-3/h6-7,10-18,21,24H,4-5,8-9,19-20,22-23H2,1-3H3. The molecule has 0 fully saturated rings. The number of fused-ring (bicyclic) bond motifs is 1. The molecule has 1 aliphatic heterocycles. The Labute approximate surface area is 210 Å². The fraction of sp³-hybridized carbons (Fsp3) is 0.387. The summed E-state index contributed by atoms with van der Waals surface area (Å²) in [5.41, 5.74) is 5.59. The van der Waals surface area contributed by atoms with Gasteiger partial charge in [-0.3, -0.25) is 9.69 Å². The zero-order chi connectivity index (χ0) is 24.6. The maximum Gasteiger partial charge on any atom is 0.258 e. The zero-order valence-corrected chi connectivity index (χ0v) is 21.4. The van der Waals surface area contributed by atoms with Gasteiger partial charge in [-0.05, 0) is 66.3 Å². The van der Waals surface area contributed by atoms with Crippen molar-refractivity contribution in [3.8, 4) is 5.75 Å². The number of amides is 1. The fourth-order valence-corrected chi connectivity index (χ4v) is 4.83. The number of carbonyl (C=O) groups excluding carboxylic acids is 1. The minimum Gasteiger partial charge on any atom is -0.497 e. The molecule has 4 heteroatoms. The molecule has 35 heavy (non-hydrogen) atoms. The topological polar surface area (TPSA) is 32.8 Å². The van der Waals surface area contributed by atoms with Crippen molar-refractivity contribution in [2.24, 2.45) is 0 Å². The number of rotatable bonds is 5. The van der Waals surface area contributed by atoms with E-state index in [-0.39, 0.29) is 5.91 Å². The normalized spacial score (nSPS) is 15.4. The number of carbonyl (C=O) groups is 1. The number of methoxy groups -OCH3 is 1. The van der Waals surface area contributed by atoms with Crippen molar-refractivity contribution in [2.75, 3.05) is 25.1 Å². The maximum atomic E-state index is 13.7. The van der Waals surface area contributed by atoms with Gasteiger partial charge in [0.1, 0.15) is 5.75 Å². The molecule has 1 aliphatic rings. The van der Waals surface area contributed by atoms with E-state index in [2.05, 4.69) is 61.2 Å². The van der Waals surface area contributed by atoms with Crippen molar-refractivity contribution in [3.05, 3.63) is 95.1 Å². The van der Waals surface area contributed by atoms with Crippen molar-refractivity contribution < 1.29 is 9.53 Å². The van der Waals surface area contributed by atoms with Gasteiger partial charge in [0.2, 0.25) is 0 Å². The van der Waals surface area contributed by atoms with Crippen LogP contribution in [0.25, 0.3) is 0 Å². The second-order valence-corrected chi connectivity index (χ2v) is 9.84. The van der Waals surface area contributed by atoms with Gasteiger partial charge in [0, 0.05) is 30.9 Å². The third kappa shape index (κ3) is 6.52. The Hall–Kier alpha value is -3.11. The molecule has 1 heterocycles. The summed E-state index contributed by atoms with van der Waals surface area (Å²) >= 11 is 0. The molecule has 3 aromatic carbocycles. The highest BCUT2D eigenvalue weighted by Gasteiger charge is 2.22. The molecule has 184 valence electrons. The third-order valence-corrected chi connectivity index (χ3v) is 6.90. The number of hydrogen-bond acceptors (Lipinski definition) is 3. The van der Waals surface area contributed by atoms with Crippen LogP contribution < -0.4 is 9.64 Å². The molecule has 0 saturated heterocycles. The van der Waals surface area contributed by atoms with Crippen LogP contribution in [-0.4, -0.2) is 31.0 Å². The van der Waals surface area contributed by atoms with Crippen LogP contribution in [-0.2, 0) is 13.1 Å². The summed E-state index contributed by atoms with van der Waals surface area (Å²) in [6.07, 6.45) is 4.48. The summed E-state index contributed by atoms with van der Waals surface area (Å²) in [4.78, 5) is 18.2. The van der Waals surface area contributed by atoms with Crippen LogP contribution in [0.1, 0.15) is 72.5 Å². The summed E-state index contributed by atoms with van der Waals surface area (Å²) in [5.74, 6) is 1.28. The predicted molar refractivity (Wildman–Crippen MR) is 144 cm³/mol. The van der Waals surface area contributed by atoms with E-state index in [4.69, 9.17) is 4.74 Å². The molecule has 0 unspecified atom stereocenters. The smallest absolute Gasteiger partial charge is 0.258 e. The largest absolute Gasteiger partial charge is 0.497 e. The SMILES string of the molecule is COc1cccc(C(=O)N2CCCCCCN(Cc3ccc(C(C)C)cc3)Cc3ccccc32)c1. The lowest BCUT2D eigenvalue weighted by Crippen LogP contribution is -2.33. The Morgan fingerprint density at radius 2 is 1.63 bits per heavy atom.